The lowest BCUT2D eigenvalue weighted by molar-refractivity contribution is 0.0992. The van der Waals surface area contributed by atoms with Gasteiger partial charge in [-0.3, -0.25) is 14.6 Å². The van der Waals surface area contributed by atoms with Crippen LogP contribution >= 0.6 is 0 Å². The number of carbonyl (C=O) groups is 2. The van der Waals surface area contributed by atoms with Crippen molar-refractivity contribution < 1.29 is 28.5 Å². The molecule has 3 heterocycles. The summed E-state index contributed by atoms with van der Waals surface area (Å²) in [5.74, 6) is 1.81. The minimum absolute atomic E-state index is 0.154. The zero-order valence-electron chi connectivity index (χ0n) is 17.4. The third-order valence-electron chi connectivity index (χ3n) is 5.33. The summed E-state index contributed by atoms with van der Waals surface area (Å²) in [5, 5.41) is 0. The highest BCUT2D eigenvalue weighted by Gasteiger charge is 2.22. The first-order valence-corrected chi connectivity index (χ1v) is 9.82. The predicted molar refractivity (Wildman–Crippen MR) is 115 cm³/mol. The standard InChI is InChI=1S/C23H19N3O6/c1-25(16-3-5-18-20(8-16)31-12-29-18)22(27)14-7-15(11-24-10-14)23(28)26(2)17-4-6-19-21(9-17)32-13-30-19/h3-11H,12-13H2,1-2H3. The van der Waals surface area contributed by atoms with E-state index < -0.39 is 0 Å². The summed E-state index contributed by atoms with van der Waals surface area (Å²) < 4.78 is 21.4. The number of carbonyl (C=O) groups excluding carboxylic acids is 2. The van der Waals surface area contributed by atoms with Crippen molar-refractivity contribution in [2.75, 3.05) is 37.5 Å². The monoisotopic (exact) mass is 433 g/mol. The number of fused-ring (bicyclic) bond motifs is 2. The molecule has 0 bridgehead atoms. The van der Waals surface area contributed by atoms with E-state index in [4.69, 9.17) is 18.9 Å². The first kappa shape index (κ1) is 19.7. The molecule has 0 N–H and O–H groups in total. The molecule has 0 spiro atoms. The second-order valence-corrected chi connectivity index (χ2v) is 7.27. The maximum atomic E-state index is 13.0. The van der Waals surface area contributed by atoms with Crippen LogP contribution in [-0.2, 0) is 0 Å². The van der Waals surface area contributed by atoms with E-state index in [9.17, 15) is 9.59 Å². The van der Waals surface area contributed by atoms with Crippen molar-refractivity contribution in [3.05, 3.63) is 66.0 Å². The average molecular weight is 433 g/mol. The summed E-state index contributed by atoms with van der Waals surface area (Å²) in [5.41, 5.74) is 1.84. The number of nitrogens with zero attached hydrogens (tertiary/aromatic N) is 3. The van der Waals surface area contributed by atoms with Gasteiger partial charge in [0.15, 0.2) is 23.0 Å². The Morgan fingerprint density at radius 2 is 1.12 bits per heavy atom. The van der Waals surface area contributed by atoms with Crippen LogP contribution in [0.4, 0.5) is 11.4 Å². The van der Waals surface area contributed by atoms with Crippen molar-refractivity contribution in [2.24, 2.45) is 0 Å². The number of aromatic nitrogens is 1. The maximum absolute atomic E-state index is 13.0. The van der Waals surface area contributed by atoms with Crippen LogP contribution in [-0.4, -0.2) is 44.5 Å². The number of hydrogen-bond donors (Lipinski definition) is 0. The Morgan fingerprint density at radius 1 is 0.688 bits per heavy atom. The average Bonchev–Trinajstić information content (AvgIpc) is 3.50. The quantitative estimate of drug-likeness (QED) is 0.625. The first-order chi connectivity index (χ1) is 15.5. The lowest BCUT2D eigenvalue weighted by atomic mass is 10.1. The Kier molecular flexibility index (Phi) is 4.78. The lowest BCUT2D eigenvalue weighted by Gasteiger charge is -2.19. The Hall–Kier alpha value is -4.27. The number of ether oxygens (including phenoxy) is 4. The Bertz CT molecular complexity index is 1140. The van der Waals surface area contributed by atoms with E-state index in [1.807, 2.05) is 0 Å². The molecule has 1 aromatic heterocycles. The molecule has 162 valence electrons. The molecule has 32 heavy (non-hydrogen) atoms. The van der Waals surface area contributed by atoms with Gasteiger partial charge in [-0.15, -0.1) is 0 Å². The molecule has 9 nitrogen and oxygen atoms in total. The van der Waals surface area contributed by atoms with Crippen molar-refractivity contribution in [2.45, 2.75) is 0 Å². The van der Waals surface area contributed by atoms with Crippen LogP contribution in [0.5, 0.6) is 23.0 Å². The van der Waals surface area contributed by atoms with Gasteiger partial charge in [0.1, 0.15) is 0 Å². The van der Waals surface area contributed by atoms with Crippen molar-refractivity contribution in [3.63, 3.8) is 0 Å². The third kappa shape index (κ3) is 3.43. The molecule has 2 aliphatic heterocycles. The molecule has 2 amide bonds. The molecule has 9 heteroatoms. The number of anilines is 2. The Balaban J connectivity index is 1.36. The van der Waals surface area contributed by atoms with Gasteiger partial charge < -0.3 is 28.7 Å². The van der Waals surface area contributed by atoms with Crippen LogP contribution < -0.4 is 28.7 Å². The minimum atomic E-state index is -0.309. The molecule has 5 rings (SSSR count). The van der Waals surface area contributed by atoms with E-state index in [0.29, 0.717) is 34.4 Å². The van der Waals surface area contributed by atoms with Gasteiger partial charge in [-0.05, 0) is 30.3 Å². The Labute approximate surface area is 183 Å². The molecule has 2 aromatic carbocycles. The topological polar surface area (TPSA) is 90.4 Å². The molecule has 0 saturated carbocycles. The largest absolute Gasteiger partial charge is 0.454 e. The number of hydrogen-bond acceptors (Lipinski definition) is 7. The van der Waals surface area contributed by atoms with E-state index in [-0.39, 0.29) is 36.5 Å². The highest BCUT2D eigenvalue weighted by molar-refractivity contribution is 6.09. The zero-order valence-corrected chi connectivity index (χ0v) is 17.4. The van der Waals surface area contributed by atoms with E-state index in [0.717, 1.165) is 0 Å². The van der Waals surface area contributed by atoms with Crippen LogP contribution in [0, 0.1) is 0 Å². The fourth-order valence-corrected chi connectivity index (χ4v) is 3.48. The van der Waals surface area contributed by atoms with Crippen LogP contribution in [0.3, 0.4) is 0 Å². The third-order valence-corrected chi connectivity index (χ3v) is 5.33. The van der Waals surface area contributed by atoms with Crippen LogP contribution in [0.1, 0.15) is 20.7 Å². The molecule has 0 saturated heterocycles. The second-order valence-electron chi connectivity index (χ2n) is 7.27. The summed E-state index contributed by atoms with van der Waals surface area (Å²) in [6, 6.07) is 12.0. The van der Waals surface area contributed by atoms with Gasteiger partial charge in [-0.2, -0.15) is 0 Å². The van der Waals surface area contributed by atoms with Crippen LogP contribution in [0.25, 0.3) is 0 Å². The second kappa shape index (κ2) is 7.77. The summed E-state index contributed by atoms with van der Waals surface area (Å²) >= 11 is 0. The van der Waals surface area contributed by atoms with Crippen molar-refractivity contribution in [1.29, 1.82) is 0 Å². The van der Waals surface area contributed by atoms with E-state index in [1.54, 1.807) is 50.5 Å². The van der Waals surface area contributed by atoms with Crippen molar-refractivity contribution in [3.8, 4) is 23.0 Å². The van der Waals surface area contributed by atoms with Gasteiger partial charge in [-0.1, -0.05) is 0 Å². The summed E-state index contributed by atoms with van der Waals surface area (Å²) in [4.78, 5) is 33.1. The Morgan fingerprint density at radius 3 is 1.59 bits per heavy atom. The van der Waals surface area contributed by atoms with Crippen LogP contribution in [0.15, 0.2) is 54.9 Å². The van der Waals surface area contributed by atoms with Crippen LogP contribution in [0.2, 0.25) is 0 Å². The highest BCUT2D eigenvalue weighted by atomic mass is 16.7. The number of rotatable bonds is 4. The SMILES string of the molecule is CN(C(=O)c1cncc(C(=O)N(C)c2ccc3c(c2)OCO3)c1)c1ccc2c(c1)OCO2. The molecule has 0 fully saturated rings. The van der Waals surface area contributed by atoms with Crippen molar-refractivity contribution in [1.82, 2.24) is 4.98 Å². The lowest BCUT2D eigenvalue weighted by Crippen LogP contribution is -2.28. The summed E-state index contributed by atoms with van der Waals surface area (Å²) in [6.07, 6.45) is 2.87. The molecular weight excluding hydrogens is 414 g/mol. The van der Waals surface area contributed by atoms with E-state index >= 15 is 0 Å². The van der Waals surface area contributed by atoms with Crippen molar-refractivity contribution >= 4 is 23.2 Å². The molecule has 3 aromatic rings. The number of pyridine rings is 1. The van der Waals surface area contributed by atoms with Gasteiger partial charge in [0.2, 0.25) is 13.6 Å². The number of amides is 2. The van der Waals surface area contributed by atoms with Gasteiger partial charge >= 0.3 is 0 Å². The molecule has 0 radical (unpaired) electrons. The molecule has 0 unspecified atom stereocenters. The van der Waals surface area contributed by atoms with E-state index in [1.165, 1.54) is 28.3 Å². The fourth-order valence-electron chi connectivity index (χ4n) is 3.48. The van der Waals surface area contributed by atoms with Gasteiger partial charge in [0, 0.05) is 50.0 Å². The number of benzene rings is 2. The summed E-state index contributed by atoms with van der Waals surface area (Å²) in [7, 11) is 3.29. The molecule has 2 aliphatic rings. The predicted octanol–water partition coefficient (Wildman–Crippen LogP) is 3.09. The van der Waals surface area contributed by atoms with Gasteiger partial charge in [-0.25, -0.2) is 0 Å². The fraction of sp³-hybridized carbons (Fsp3) is 0.174. The smallest absolute Gasteiger partial charge is 0.259 e. The molecular formula is C23H19N3O6. The summed E-state index contributed by atoms with van der Waals surface area (Å²) in [6.45, 7) is 0.308. The maximum Gasteiger partial charge on any atom is 0.259 e. The van der Waals surface area contributed by atoms with Gasteiger partial charge in [0.05, 0.1) is 11.1 Å². The van der Waals surface area contributed by atoms with Gasteiger partial charge in [0.25, 0.3) is 11.8 Å². The normalized spacial score (nSPS) is 13.1. The molecule has 0 atom stereocenters. The minimum Gasteiger partial charge on any atom is -0.454 e. The van der Waals surface area contributed by atoms with E-state index in [2.05, 4.69) is 4.98 Å². The highest BCUT2D eigenvalue weighted by Crippen LogP contribution is 2.36. The molecule has 0 aliphatic carbocycles. The first-order valence-electron chi connectivity index (χ1n) is 9.82. The zero-order chi connectivity index (χ0) is 22.2.